The zero-order valence-corrected chi connectivity index (χ0v) is 22.2. The number of carbonyl (C=O) groups is 2. The fourth-order valence-electron chi connectivity index (χ4n) is 4.07. The van der Waals surface area contributed by atoms with Gasteiger partial charge in [-0.05, 0) is 42.8 Å². The van der Waals surface area contributed by atoms with Crippen molar-refractivity contribution >= 4 is 77.2 Å². The Hall–Kier alpha value is -2.81. The second kappa shape index (κ2) is 14.1. The van der Waals surface area contributed by atoms with E-state index in [1.807, 2.05) is 22.8 Å². The van der Waals surface area contributed by atoms with E-state index in [-0.39, 0.29) is 54.5 Å². The molecule has 1 saturated heterocycles. The van der Waals surface area contributed by atoms with Crippen molar-refractivity contribution in [1.29, 1.82) is 0 Å². The molecule has 2 heterocycles. The van der Waals surface area contributed by atoms with Gasteiger partial charge in [-0.25, -0.2) is 14.2 Å². The Kier molecular flexibility index (Phi) is 12.2. The monoisotopic (exact) mass is 558 g/mol. The summed E-state index contributed by atoms with van der Waals surface area (Å²) < 4.78 is 14.1. The molecule has 2 aromatic carbocycles. The molecule has 11 heteroatoms. The molecule has 0 bridgehead atoms. The van der Waals surface area contributed by atoms with Gasteiger partial charge in [0.1, 0.15) is 11.6 Å². The summed E-state index contributed by atoms with van der Waals surface area (Å²) in [6.07, 6.45) is 2.15. The van der Waals surface area contributed by atoms with Crippen molar-refractivity contribution in [1.82, 2.24) is 4.98 Å². The number of amides is 1. The third-order valence-corrected chi connectivity index (χ3v) is 5.86. The van der Waals surface area contributed by atoms with Crippen molar-refractivity contribution in [3.05, 3.63) is 59.9 Å². The standard InChI is InChI=1S/C25H27FN4O3.3ClH/c1-2-3-8-24(31)27-17-9-10-21-18(15-17)19(25(32)33)16-23(28-21)30-13-11-29(12-14-30)22-7-5-4-6-20(22)26;;;/h4-7,9-10,15-16H,2-3,8,11-14H2,1H3,(H,27,31)(H,32,33);3*1H. The van der Waals surface area contributed by atoms with Crippen LogP contribution in [0, 0.1) is 5.82 Å². The number of carboxylic acids is 1. The lowest BCUT2D eigenvalue weighted by Crippen LogP contribution is -2.47. The molecule has 1 amide bonds. The fraction of sp³-hybridized carbons (Fsp3) is 0.320. The molecule has 0 aliphatic carbocycles. The van der Waals surface area contributed by atoms with E-state index in [2.05, 4.69) is 10.3 Å². The number of aromatic nitrogens is 1. The molecule has 0 saturated carbocycles. The highest BCUT2D eigenvalue weighted by Gasteiger charge is 2.22. The van der Waals surface area contributed by atoms with Crippen LogP contribution in [0.15, 0.2) is 48.5 Å². The van der Waals surface area contributed by atoms with Crippen LogP contribution in [-0.4, -0.2) is 48.1 Å². The van der Waals surface area contributed by atoms with Crippen molar-refractivity contribution in [3.63, 3.8) is 0 Å². The Bertz CT molecular complexity index is 1190. The van der Waals surface area contributed by atoms with Gasteiger partial charge in [0.15, 0.2) is 0 Å². The number of halogens is 4. The Morgan fingerprint density at radius 1 is 1.00 bits per heavy atom. The lowest BCUT2D eigenvalue weighted by atomic mass is 10.1. The topological polar surface area (TPSA) is 85.8 Å². The van der Waals surface area contributed by atoms with Crippen molar-refractivity contribution in [2.75, 3.05) is 41.3 Å². The molecule has 1 aromatic heterocycles. The molecular weight excluding hydrogens is 530 g/mol. The van der Waals surface area contributed by atoms with Gasteiger partial charge in [0, 0.05) is 43.7 Å². The van der Waals surface area contributed by atoms with Crippen LogP contribution in [-0.2, 0) is 4.79 Å². The third kappa shape index (κ3) is 7.12. The van der Waals surface area contributed by atoms with E-state index in [1.165, 1.54) is 6.07 Å². The quantitative estimate of drug-likeness (QED) is 0.381. The van der Waals surface area contributed by atoms with Crippen LogP contribution in [0.5, 0.6) is 0 Å². The zero-order valence-electron chi connectivity index (χ0n) is 19.8. The van der Waals surface area contributed by atoms with Gasteiger partial charge in [-0.15, -0.1) is 37.2 Å². The lowest BCUT2D eigenvalue weighted by molar-refractivity contribution is -0.116. The van der Waals surface area contributed by atoms with Crippen molar-refractivity contribution < 1.29 is 19.1 Å². The summed E-state index contributed by atoms with van der Waals surface area (Å²) in [6.45, 7) is 4.41. The minimum absolute atomic E-state index is 0. The Morgan fingerprint density at radius 3 is 2.31 bits per heavy atom. The van der Waals surface area contributed by atoms with Gasteiger partial charge in [-0.3, -0.25) is 4.79 Å². The highest BCUT2D eigenvalue weighted by atomic mass is 35.5. The van der Waals surface area contributed by atoms with E-state index in [9.17, 15) is 19.1 Å². The normalized spacial score (nSPS) is 12.7. The molecule has 0 unspecified atom stereocenters. The van der Waals surface area contributed by atoms with Gasteiger partial charge in [-0.1, -0.05) is 25.5 Å². The summed E-state index contributed by atoms with van der Waals surface area (Å²) in [7, 11) is 0. The van der Waals surface area contributed by atoms with E-state index < -0.39 is 5.97 Å². The predicted molar refractivity (Wildman–Crippen MR) is 149 cm³/mol. The number of carbonyl (C=O) groups excluding carboxylic acids is 1. The van der Waals surface area contributed by atoms with Crippen LogP contribution < -0.4 is 15.1 Å². The molecule has 0 spiro atoms. The van der Waals surface area contributed by atoms with E-state index in [4.69, 9.17) is 0 Å². The number of carboxylic acid groups (broad SMARTS) is 1. The first-order chi connectivity index (χ1) is 16.0. The highest BCUT2D eigenvalue weighted by molar-refractivity contribution is 6.05. The second-order valence-electron chi connectivity index (χ2n) is 8.14. The number of para-hydroxylation sites is 1. The summed E-state index contributed by atoms with van der Waals surface area (Å²) >= 11 is 0. The average Bonchev–Trinajstić information content (AvgIpc) is 2.82. The molecule has 1 aliphatic rings. The lowest BCUT2D eigenvalue weighted by Gasteiger charge is -2.37. The van der Waals surface area contributed by atoms with E-state index in [1.54, 1.807) is 36.4 Å². The van der Waals surface area contributed by atoms with Gasteiger partial charge in [0.25, 0.3) is 0 Å². The second-order valence-corrected chi connectivity index (χ2v) is 8.14. The number of hydrogen-bond acceptors (Lipinski definition) is 5. The zero-order chi connectivity index (χ0) is 23.4. The predicted octanol–water partition coefficient (Wildman–Crippen LogP) is 5.79. The minimum atomic E-state index is -1.05. The summed E-state index contributed by atoms with van der Waals surface area (Å²) in [5, 5.41) is 13.1. The number of anilines is 3. The Morgan fingerprint density at radius 2 is 1.67 bits per heavy atom. The first-order valence-corrected chi connectivity index (χ1v) is 11.2. The van der Waals surface area contributed by atoms with Gasteiger partial charge >= 0.3 is 5.97 Å². The molecule has 1 fully saturated rings. The Balaban J connectivity index is 0.00000216. The number of nitrogens with zero attached hydrogens (tertiary/aromatic N) is 3. The number of piperazine rings is 1. The van der Waals surface area contributed by atoms with Crippen molar-refractivity contribution in [2.45, 2.75) is 26.2 Å². The summed E-state index contributed by atoms with van der Waals surface area (Å²) in [5.41, 5.74) is 1.81. The molecule has 4 rings (SSSR count). The SMILES string of the molecule is CCCCC(=O)Nc1ccc2nc(N3CCN(c4ccccc4F)CC3)cc(C(=O)O)c2c1.Cl.Cl.Cl. The molecule has 1 aliphatic heterocycles. The molecule has 196 valence electrons. The van der Waals surface area contributed by atoms with Crippen molar-refractivity contribution in [2.24, 2.45) is 0 Å². The molecule has 2 N–H and O–H groups in total. The summed E-state index contributed by atoms with van der Waals surface area (Å²) in [5.74, 6) is -0.818. The fourth-order valence-corrected chi connectivity index (χ4v) is 4.07. The van der Waals surface area contributed by atoms with Gasteiger partial charge in [0.05, 0.1) is 16.8 Å². The Labute approximate surface area is 228 Å². The number of rotatable bonds is 7. The third-order valence-electron chi connectivity index (χ3n) is 5.86. The molecule has 0 radical (unpaired) electrons. The van der Waals surface area contributed by atoms with Crippen LogP contribution in [0.4, 0.5) is 21.6 Å². The van der Waals surface area contributed by atoms with Crippen LogP contribution in [0.1, 0.15) is 36.5 Å². The van der Waals surface area contributed by atoms with Crippen LogP contribution in [0.3, 0.4) is 0 Å². The smallest absolute Gasteiger partial charge is 0.336 e. The number of hydrogen-bond donors (Lipinski definition) is 2. The molecule has 36 heavy (non-hydrogen) atoms. The average molecular weight is 560 g/mol. The van der Waals surface area contributed by atoms with E-state index in [0.717, 1.165) is 12.8 Å². The number of benzene rings is 2. The molecule has 3 aromatic rings. The first kappa shape index (κ1) is 31.2. The first-order valence-electron chi connectivity index (χ1n) is 11.2. The van der Waals surface area contributed by atoms with Gasteiger partial charge in [-0.2, -0.15) is 0 Å². The maximum Gasteiger partial charge on any atom is 0.336 e. The molecule has 0 atom stereocenters. The van der Waals surface area contributed by atoms with E-state index in [0.29, 0.717) is 60.7 Å². The van der Waals surface area contributed by atoms with E-state index >= 15 is 0 Å². The number of fused-ring (bicyclic) bond motifs is 1. The largest absolute Gasteiger partial charge is 0.478 e. The van der Waals surface area contributed by atoms with Gasteiger partial charge < -0.3 is 20.2 Å². The van der Waals surface area contributed by atoms with Crippen LogP contribution in [0.25, 0.3) is 10.9 Å². The minimum Gasteiger partial charge on any atom is -0.478 e. The molecule has 7 nitrogen and oxygen atoms in total. The molecular formula is C25H30Cl3FN4O3. The van der Waals surface area contributed by atoms with Crippen LogP contribution in [0.2, 0.25) is 0 Å². The summed E-state index contributed by atoms with van der Waals surface area (Å²) in [6, 6.07) is 13.4. The van der Waals surface area contributed by atoms with Crippen LogP contribution >= 0.6 is 37.2 Å². The van der Waals surface area contributed by atoms with Crippen molar-refractivity contribution in [3.8, 4) is 0 Å². The summed E-state index contributed by atoms with van der Waals surface area (Å²) in [4.78, 5) is 32.8. The maximum absolute atomic E-state index is 14.1. The number of pyridine rings is 1. The maximum atomic E-state index is 14.1. The van der Waals surface area contributed by atoms with Gasteiger partial charge in [0.2, 0.25) is 5.91 Å². The number of unbranched alkanes of at least 4 members (excludes halogenated alkanes) is 1. The number of aromatic carboxylic acids is 1. The number of nitrogens with one attached hydrogen (secondary N) is 1. The highest BCUT2D eigenvalue weighted by Crippen LogP contribution is 2.28.